The van der Waals surface area contributed by atoms with Crippen molar-refractivity contribution in [1.29, 1.82) is 0 Å². The number of likely N-dealkylation sites (N-methyl/N-ethyl adjacent to an activating group) is 1. The minimum Gasteiger partial charge on any atom is -0.508 e. The Kier molecular flexibility index (Phi) is 5.79. The van der Waals surface area contributed by atoms with Gasteiger partial charge in [0.1, 0.15) is 5.75 Å². The fourth-order valence-electron chi connectivity index (χ4n) is 1.81. The zero-order chi connectivity index (χ0) is 14.4. The first kappa shape index (κ1) is 15.5. The number of amides is 1. The average Bonchev–Trinajstić information content (AvgIpc) is 2.39. The Morgan fingerprint density at radius 1 is 1.42 bits per heavy atom. The molecule has 0 aromatic heterocycles. The van der Waals surface area contributed by atoms with Crippen molar-refractivity contribution < 1.29 is 14.6 Å². The van der Waals surface area contributed by atoms with Crippen LogP contribution in [0.1, 0.15) is 12.5 Å². The normalized spacial score (nSPS) is 13.9. The molecule has 0 aliphatic carbocycles. The number of hydrogen-bond donors (Lipinski definition) is 2. The fraction of sp³-hybridized carbons (Fsp3) is 0.500. The van der Waals surface area contributed by atoms with Crippen molar-refractivity contribution in [2.75, 3.05) is 20.8 Å². The quantitative estimate of drug-likeness (QED) is 0.797. The summed E-state index contributed by atoms with van der Waals surface area (Å²) in [6, 6.07) is 6.10. The molecular formula is C14H22N2O3. The summed E-state index contributed by atoms with van der Waals surface area (Å²) in [7, 11) is 3.33. The van der Waals surface area contributed by atoms with E-state index in [1.54, 1.807) is 43.3 Å². The molecular weight excluding hydrogens is 244 g/mol. The van der Waals surface area contributed by atoms with Crippen LogP contribution in [0.15, 0.2) is 24.3 Å². The molecule has 0 radical (unpaired) electrons. The van der Waals surface area contributed by atoms with E-state index in [9.17, 15) is 9.90 Å². The van der Waals surface area contributed by atoms with Gasteiger partial charge >= 0.3 is 0 Å². The zero-order valence-electron chi connectivity index (χ0n) is 11.7. The third-order valence-electron chi connectivity index (χ3n) is 3.13. The van der Waals surface area contributed by atoms with Gasteiger partial charge in [-0.15, -0.1) is 0 Å². The number of phenols is 1. The van der Waals surface area contributed by atoms with E-state index in [2.05, 4.69) is 0 Å². The summed E-state index contributed by atoms with van der Waals surface area (Å²) in [4.78, 5) is 13.7. The highest BCUT2D eigenvalue weighted by Crippen LogP contribution is 2.11. The van der Waals surface area contributed by atoms with Crippen LogP contribution in [0.25, 0.3) is 0 Å². The Balaban J connectivity index is 2.59. The molecule has 2 atom stereocenters. The van der Waals surface area contributed by atoms with Gasteiger partial charge in [0, 0.05) is 14.2 Å². The minimum atomic E-state index is -0.589. The van der Waals surface area contributed by atoms with Gasteiger partial charge in [-0.1, -0.05) is 12.1 Å². The molecule has 0 bridgehead atoms. The Labute approximate surface area is 114 Å². The number of methoxy groups -OCH3 is 1. The molecule has 1 aromatic carbocycles. The first-order valence-electron chi connectivity index (χ1n) is 6.24. The number of ether oxygens (including phenoxy) is 1. The second-order valence-electron chi connectivity index (χ2n) is 4.73. The molecule has 0 saturated heterocycles. The lowest BCUT2D eigenvalue weighted by Gasteiger charge is -2.27. The number of carbonyl (C=O) groups is 1. The smallest absolute Gasteiger partial charge is 0.239 e. The molecule has 5 nitrogen and oxygen atoms in total. The largest absolute Gasteiger partial charge is 0.508 e. The van der Waals surface area contributed by atoms with E-state index in [1.165, 1.54) is 0 Å². The lowest BCUT2D eigenvalue weighted by Crippen LogP contribution is -2.47. The summed E-state index contributed by atoms with van der Waals surface area (Å²) in [6.45, 7) is 2.39. The Bertz CT molecular complexity index is 406. The number of nitrogens with zero attached hydrogens (tertiary/aromatic N) is 1. The number of carbonyl (C=O) groups excluding carboxylic acids is 1. The number of phenolic OH excluding ortho intramolecular Hbond substituents is 1. The fourth-order valence-corrected chi connectivity index (χ4v) is 1.81. The molecule has 0 saturated carbocycles. The standard InChI is InChI=1S/C14H22N2O3/c1-10(9-19-3)16(2)14(18)13(15)8-11-4-6-12(17)7-5-11/h4-7,10,13,17H,8-9,15H2,1-3H3/t10?,13-/m1/s1. The lowest BCUT2D eigenvalue weighted by molar-refractivity contribution is -0.134. The van der Waals surface area contributed by atoms with E-state index in [-0.39, 0.29) is 17.7 Å². The summed E-state index contributed by atoms with van der Waals surface area (Å²) >= 11 is 0. The second-order valence-corrected chi connectivity index (χ2v) is 4.73. The highest BCUT2D eigenvalue weighted by Gasteiger charge is 2.22. The van der Waals surface area contributed by atoms with Gasteiger partial charge in [-0.2, -0.15) is 0 Å². The molecule has 0 aliphatic rings. The van der Waals surface area contributed by atoms with Crippen LogP contribution in [0, 0.1) is 0 Å². The van der Waals surface area contributed by atoms with Crippen LogP contribution in [0.2, 0.25) is 0 Å². The van der Waals surface area contributed by atoms with Crippen LogP contribution in [0.5, 0.6) is 5.75 Å². The third-order valence-corrected chi connectivity index (χ3v) is 3.13. The topological polar surface area (TPSA) is 75.8 Å². The summed E-state index contributed by atoms with van der Waals surface area (Å²) in [6.07, 6.45) is 0.448. The van der Waals surface area contributed by atoms with Crippen LogP contribution >= 0.6 is 0 Å². The molecule has 106 valence electrons. The van der Waals surface area contributed by atoms with Crippen LogP contribution in [0.3, 0.4) is 0 Å². The van der Waals surface area contributed by atoms with Gasteiger partial charge in [-0.25, -0.2) is 0 Å². The lowest BCUT2D eigenvalue weighted by atomic mass is 10.1. The predicted octanol–water partition coefficient (Wildman–Crippen LogP) is 0.755. The summed E-state index contributed by atoms with van der Waals surface area (Å²) in [5.41, 5.74) is 6.85. The molecule has 19 heavy (non-hydrogen) atoms. The van der Waals surface area contributed by atoms with E-state index in [0.717, 1.165) is 5.56 Å². The summed E-state index contributed by atoms with van der Waals surface area (Å²) in [5.74, 6) is 0.0899. The van der Waals surface area contributed by atoms with Gasteiger partial charge in [-0.3, -0.25) is 4.79 Å². The van der Waals surface area contributed by atoms with E-state index in [1.807, 2.05) is 6.92 Å². The highest BCUT2D eigenvalue weighted by atomic mass is 16.5. The van der Waals surface area contributed by atoms with Crippen LogP contribution in [0.4, 0.5) is 0 Å². The predicted molar refractivity (Wildman–Crippen MR) is 73.9 cm³/mol. The molecule has 0 heterocycles. The van der Waals surface area contributed by atoms with Crippen LogP contribution in [-0.4, -0.2) is 48.8 Å². The number of hydrogen-bond acceptors (Lipinski definition) is 4. The third kappa shape index (κ3) is 4.54. The molecule has 0 fully saturated rings. The van der Waals surface area contributed by atoms with E-state index < -0.39 is 6.04 Å². The van der Waals surface area contributed by atoms with Gasteiger partial charge in [0.15, 0.2) is 0 Å². The van der Waals surface area contributed by atoms with Crippen molar-refractivity contribution in [3.05, 3.63) is 29.8 Å². The van der Waals surface area contributed by atoms with Crippen LogP contribution < -0.4 is 5.73 Å². The maximum Gasteiger partial charge on any atom is 0.239 e. The minimum absolute atomic E-state index is 0.0108. The maximum absolute atomic E-state index is 12.1. The molecule has 0 aliphatic heterocycles. The molecule has 1 aromatic rings. The summed E-state index contributed by atoms with van der Waals surface area (Å²) in [5, 5.41) is 9.20. The van der Waals surface area contributed by atoms with Crippen molar-refractivity contribution in [3.8, 4) is 5.75 Å². The molecule has 1 unspecified atom stereocenters. The highest BCUT2D eigenvalue weighted by molar-refractivity contribution is 5.82. The van der Waals surface area contributed by atoms with Crippen molar-refractivity contribution in [3.63, 3.8) is 0 Å². The molecule has 5 heteroatoms. The van der Waals surface area contributed by atoms with Crippen molar-refractivity contribution >= 4 is 5.91 Å². The van der Waals surface area contributed by atoms with Gasteiger partial charge in [0.2, 0.25) is 5.91 Å². The monoisotopic (exact) mass is 266 g/mol. The van der Waals surface area contributed by atoms with Crippen LogP contribution in [-0.2, 0) is 16.0 Å². The Morgan fingerprint density at radius 3 is 2.53 bits per heavy atom. The number of aromatic hydroxyl groups is 1. The van der Waals surface area contributed by atoms with E-state index in [0.29, 0.717) is 13.0 Å². The van der Waals surface area contributed by atoms with E-state index >= 15 is 0 Å². The van der Waals surface area contributed by atoms with Gasteiger partial charge in [-0.05, 0) is 31.0 Å². The summed E-state index contributed by atoms with van der Waals surface area (Å²) < 4.78 is 5.02. The first-order chi connectivity index (χ1) is 8.95. The number of rotatable bonds is 6. The zero-order valence-corrected chi connectivity index (χ0v) is 11.7. The Morgan fingerprint density at radius 2 is 2.00 bits per heavy atom. The number of benzene rings is 1. The van der Waals surface area contributed by atoms with Crippen molar-refractivity contribution in [2.45, 2.75) is 25.4 Å². The molecule has 0 spiro atoms. The number of nitrogens with two attached hydrogens (primary N) is 1. The van der Waals surface area contributed by atoms with Gasteiger partial charge < -0.3 is 20.5 Å². The second kappa shape index (κ2) is 7.11. The van der Waals surface area contributed by atoms with Gasteiger partial charge in [0.25, 0.3) is 0 Å². The SMILES string of the molecule is COCC(C)N(C)C(=O)[C@H](N)Cc1ccc(O)cc1. The van der Waals surface area contributed by atoms with Crippen molar-refractivity contribution in [2.24, 2.45) is 5.73 Å². The Hall–Kier alpha value is -1.59. The molecule has 1 amide bonds. The maximum atomic E-state index is 12.1. The van der Waals surface area contributed by atoms with E-state index in [4.69, 9.17) is 10.5 Å². The molecule has 1 rings (SSSR count). The first-order valence-corrected chi connectivity index (χ1v) is 6.24. The van der Waals surface area contributed by atoms with Gasteiger partial charge in [0.05, 0.1) is 18.7 Å². The van der Waals surface area contributed by atoms with Crippen molar-refractivity contribution in [1.82, 2.24) is 4.90 Å². The molecule has 3 N–H and O–H groups in total. The average molecular weight is 266 g/mol.